The van der Waals surface area contributed by atoms with Crippen LogP contribution in [0.4, 0.5) is 0 Å². The molecule has 108 valence electrons. The average Bonchev–Trinajstić information content (AvgIpc) is 3.06. The molecule has 2 unspecified atom stereocenters. The van der Waals surface area contributed by atoms with E-state index in [0.717, 1.165) is 12.2 Å². The van der Waals surface area contributed by atoms with Crippen molar-refractivity contribution in [3.05, 3.63) is 35.4 Å². The fourth-order valence-electron chi connectivity index (χ4n) is 1.84. The van der Waals surface area contributed by atoms with Crippen LogP contribution in [-0.2, 0) is 11.3 Å². The van der Waals surface area contributed by atoms with E-state index in [1.807, 2.05) is 30.8 Å². The third-order valence-electron chi connectivity index (χ3n) is 3.13. The molecule has 2 aromatic heterocycles. The number of aromatic nitrogens is 4. The first kappa shape index (κ1) is 14.6. The Balaban J connectivity index is 2.00. The Bertz CT molecular complexity index is 591. The SMILES string of the molecule is CCn1ccc(C(C)NC(=O)C(C)n2cc(Cl)cn2)n1. The Hall–Kier alpha value is -1.82. The average molecular weight is 296 g/mol. The molecule has 2 atom stereocenters. The predicted octanol–water partition coefficient (Wildman–Crippen LogP) is 2.19. The molecule has 0 aliphatic heterocycles. The Morgan fingerprint density at radius 1 is 1.50 bits per heavy atom. The monoisotopic (exact) mass is 295 g/mol. The summed E-state index contributed by atoms with van der Waals surface area (Å²) in [5.41, 5.74) is 0.839. The third-order valence-corrected chi connectivity index (χ3v) is 3.33. The van der Waals surface area contributed by atoms with Gasteiger partial charge in [0.05, 0.1) is 23.0 Å². The summed E-state index contributed by atoms with van der Waals surface area (Å²) in [4.78, 5) is 12.2. The van der Waals surface area contributed by atoms with Gasteiger partial charge in [-0.2, -0.15) is 10.2 Å². The van der Waals surface area contributed by atoms with Crippen molar-refractivity contribution in [2.45, 2.75) is 39.4 Å². The molecule has 0 aliphatic carbocycles. The molecule has 0 aliphatic rings. The quantitative estimate of drug-likeness (QED) is 0.919. The van der Waals surface area contributed by atoms with Crippen LogP contribution < -0.4 is 5.32 Å². The van der Waals surface area contributed by atoms with E-state index in [9.17, 15) is 4.79 Å². The Kier molecular flexibility index (Phi) is 4.44. The van der Waals surface area contributed by atoms with Gasteiger partial charge in [0.2, 0.25) is 5.91 Å². The second-order valence-corrected chi connectivity index (χ2v) is 5.08. The second-order valence-electron chi connectivity index (χ2n) is 4.64. The molecular weight excluding hydrogens is 278 g/mol. The van der Waals surface area contributed by atoms with Crippen molar-refractivity contribution < 1.29 is 4.79 Å². The van der Waals surface area contributed by atoms with E-state index < -0.39 is 6.04 Å². The molecule has 0 bridgehead atoms. The first-order chi connectivity index (χ1) is 9.51. The molecule has 0 saturated carbocycles. The smallest absolute Gasteiger partial charge is 0.245 e. The molecule has 6 nitrogen and oxygen atoms in total. The zero-order valence-corrected chi connectivity index (χ0v) is 12.5. The van der Waals surface area contributed by atoms with Crippen molar-refractivity contribution in [1.82, 2.24) is 24.9 Å². The molecule has 2 heterocycles. The van der Waals surface area contributed by atoms with E-state index in [-0.39, 0.29) is 11.9 Å². The molecule has 0 radical (unpaired) electrons. The number of nitrogens with zero attached hydrogens (tertiary/aromatic N) is 4. The third kappa shape index (κ3) is 3.19. The van der Waals surface area contributed by atoms with Crippen LogP contribution in [0.1, 0.15) is 38.5 Å². The van der Waals surface area contributed by atoms with Gasteiger partial charge in [0.25, 0.3) is 0 Å². The molecule has 0 saturated heterocycles. The summed E-state index contributed by atoms with van der Waals surface area (Å²) in [6.45, 7) is 6.51. The summed E-state index contributed by atoms with van der Waals surface area (Å²) in [7, 11) is 0. The Morgan fingerprint density at radius 3 is 2.80 bits per heavy atom. The predicted molar refractivity (Wildman–Crippen MR) is 76.4 cm³/mol. The highest BCUT2D eigenvalue weighted by Crippen LogP contribution is 2.14. The molecule has 0 aromatic carbocycles. The number of halogens is 1. The maximum absolute atomic E-state index is 12.2. The molecular formula is C13H18ClN5O. The molecule has 2 aromatic rings. The summed E-state index contributed by atoms with van der Waals surface area (Å²) in [6.07, 6.45) is 5.04. The number of amides is 1. The van der Waals surface area contributed by atoms with Crippen molar-refractivity contribution >= 4 is 17.5 Å². The minimum absolute atomic E-state index is 0.122. The fourth-order valence-corrected chi connectivity index (χ4v) is 1.98. The van der Waals surface area contributed by atoms with Gasteiger partial charge in [0.15, 0.2) is 0 Å². The summed E-state index contributed by atoms with van der Waals surface area (Å²) in [5, 5.41) is 11.9. The van der Waals surface area contributed by atoms with Crippen LogP contribution in [-0.4, -0.2) is 25.5 Å². The largest absolute Gasteiger partial charge is 0.346 e. The van der Waals surface area contributed by atoms with E-state index in [4.69, 9.17) is 11.6 Å². The van der Waals surface area contributed by atoms with Gasteiger partial charge in [-0.25, -0.2) is 0 Å². The normalized spacial score (nSPS) is 14.0. The minimum atomic E-state index is -0.418. The zero-order chi connectivity index (χ0) is 14.7. The van der Waals surface area contributed by atoms with Crippen LogP contribution in [0.2, 0.25) is 5.02 Å². The number of aryl methyl sites for hydroxylation is 1. The standard InChI is InChI=1S/C13H18ClN5O/c1-4-18-6-5-12(17-18)9(2)16-13(20)10(3)19-8-11(14)7-15-19/h5-10H,4H2,1-3H3,(H,16,20). The van der Waals surface area contributed by atoms with E-state index >= 15 is 0 Å². The number of nitrogens with one attached hydrogen (secondary N) is 1. The summed E-state index contributed by atoms with van der Waals surface area (Å²) in [5.74, 6) is -0.122. The Labute approximate surface area is 122 Å². The highest BCUT2D eigenvalue weighted by molar-refractivity contribution is 6.30. The van der Waals surface area contributed by atoms with Gasteiger partial charge < -0.3 is 5.32 Å². The van der Waals surface area contributed by atoms with Gasteiger partial charge in [-0.15, -0.1) is 0 Å². The number of carbonyl (C=O) groups is 1. The zero-order valence-electron chi connectivity index (χ0n) is 11.7. The summed E-state index contributed by atoms with van der Waals surface area (Å²) in [6, 6.07) is 1.34. The highest BCUT2D eigenvalue weighted by Gasteiger charge is 2.19. The van der Waals surface area contributed by atoms with Crippen molar-refractivity contribution in [2.75, 3.05) is 0 Å². The van der Waals surface area contributed by atoms with E-state index in [1.165, 1.54) is 10.9 Å². The number of carbonyl (C=O) groups excluding carboxylic acids is 1. The molecule has 0 fully saturated rings. The van der Waals surface area contributed by atoms with E-state index in [0.29, 0.717) is 5.02 Å². The first-order valence-corrected chi connectivity index (χ1v) is 6.92. The maximum Gasteiger partial charge on any atom is 0.245 e. The Morgan fingerprint density at radius 2 is 2.25 bits per heavy atom. The van der Waals surface area contributed by atoms with Gasteiger partial charge >= 0.3 is 0 Å². The molecule has 7 heteroatoms. The number of hydrogen-bond donors (Lipinski definition) is 1. The first-order valence-electron chi connectivity index (χ1n) is 6.54. The second kappa shape index (κ2) is 6.09. The van der Waals surface area contributed by atoms with Crippen molar-refractivity contribution in [3.8, 4) is 0 Å². The van der Waals surface area contributed by atoms with Crippen LogP contribution in [0.5, 0.6) is 0 Å². The summed E-state index contributed by atoms with van der Waals surface area (Å²) < 4.78 is 3.36. The van der Waals surface area contributed by atoms with Gasteiger partial charge in [0.1, 0.15) is 6.04 Å². The van der Waals surface area contributed by atoms with E-state index in [1.54, 1.807) is 13.1 Å². The van der Waals surface area contributed by atoms with E-state index in [2.05, 4.69) is 15.5 Å². The number of hydrogen-bond acceptors (Lipinski definition) is 3. The van der Waals surface area contributed by atoms with Crippen molar-refractivity contribution in [1.29, 1.82) is 0 Å². The van der Waals surface area contributed by atoms with Gasteiger partial charge in [-0.3, -0.25) is 14.2 Å². The maximum atomic E-state index is 12.2. The lowest BCUT2D eigenvalue weighted by Crippen LogP contribution is -2.33. The number of rotatable bonds is 5. The molecule has 2 rings (SSSR count). The van der Waals surface area contributed by atoms with Gasteiger partial charge in [0, 0.05) is 18.9 Å². The topological polar surface area (TPSA) is 64.7 Å². The van der Waals surface area contributed by atoms with Crippen molar-refractivity contribution in [2.24, 2.45) is 0 Å². The van der Waals surface area contributed by atoms with Gasteiger partial charge in [-0.1, -0.05) is 11.6 Å². The molecule has 1 N–H and O–H groups in total. The highest BCUT2D eigenvalue weighted by atomic mass is 35.5. The molecule has 1 amide bonds. The lowest BCUT2D eigenvalue weighted by molar-refractivity contribution is -0.124. The summed E-state index contributed by atoms with van der Waals surface area (Å²) >= 11 is 5.80. The lowest BCUT2D eigenvalue weighted by atomic mass is 10.2. The van der Waals surface area contributed by atoms with Crippen LogP contribution >= 0.6 is 11.6 Å². The fraction of sp³-hybridized carbons (Fsp3) is 0.462. The molecule has 20 heavy (non-hydrogen) atoms. The van der Waals surface area contributed by atoms with Gasteiger partial charge in [-0.05, 0) is 26.8 Å². The van der Waals surface area contributed by atoms with Crippen LogP contribution in [0.15, 0.2) is 24.7 Å². The van der Waals surface area contributed by atoms with Crippen LogP contribution in [0.3, 0.4) is 0 Å². The lowest BCUT2D eigenvalue weighted by Gasteiger charge is -2.16. The van der Waals surface area contributed by atoms with Crippen molar-refractivity contribution in [3.63, 3.8) is 0 Å². The van der Waals surface area contributed by atoms with Crippen LogP contribution in [0.25, 0.3) is 0 Å². The van der Waals surface area contributed by atoms with Crippen LogP contribution in [0, 0.1) is 0 Å². The minimum Gasteiger partial charge on any atom is -0.346 e. The molecule has 0 spiro atoms.